The quantitative estimate of drug-likeness (QED) is 0.469. The van der Waals surface area contributed by atoms with Gasteiger partial charge in [0.1, 0.15) is 13.2 Å². The molecule has 3 aromatic rings. The van der Waals surface area contributed by atoms with Crippen LogP contribution in [0.5, 0.6) is 0 Å². The summed E-state index contributed by atoms with van der Waals surface area (Å²) in [6, 6.07) is 16.3. The van der Waals surface area contributed by atoms with Crippen LogP contribution in [0.2, 0.25) is 0 Å². The number of aromatic nitrogens is 1. The lowest BCUT2D eigenvalue weighted by molar-refractivity contribution is -0.135. The Balaban J connectivity index is 1.21. The van der Waals surface area contributed by atoms with Crippen LogP contribution in [-0.2, 0) is 32.1 Å². The second kappa shape index (κ2) is 9.78. The van der Waals surface area contributed by atoms with E-state index in [4.69, 9.17) is 9.47 Å². The molecule has 164 valence electrons. The number of nitrogens with one attached hydrogen (secondary N) is 3. The molecule has 2 aromatic carbocycles. The fourth-order valence-corrected chi connectivity index (χ4v) is 3.32. The molecule has 0 aliphatic carbocycles. The molecule has 9 heteroatoms. The second-order valence-electron chi connectivity index (χ2n) is 7.22. The van der Waals surface area contributed by atoms with E-state index in [-0.39, 0.29) is 25.6 Å². The second-order valence-corrected chi connectivity index (χ2v) is 7.22. The number of alkyl carbamates (subject to hydrolysis) is 1. The predicted molar refractivity (Wildman–Crippen MR) is 117 cm³/mol. The summed E-state index contributed by atoms with van der Waals surface area (Å²) in [4.78, 5) is 43.3. The van der Waals surface area contributed by atoms with Crippen LogP contribution in [-0.4, -0.2) is 48.0 Å². The molecular weight excluding hydrogens is 412 g/mol. The Morgan fingerprint density at radius 1 is 1.06 bits per heavy atom. The maximum Gasteiger partial charge on any atom is 0.407 e. The van der Waals surface area contributed by atoms with Gasteiger partial charge < -0.3 is 25.1 Å². The molecule has 32 heavy (non-hydrogen) atoms. The smallest absolute Gasteiger partial charge is 0.407 e. The number of esters is 1. The maximum atomic E-state index is 12.2. The molecule has 2 heterocycles. The monoisotopic (exact) mass is 434 g/mol. The van der Waals surface area contributed by atoms with Gasteiger partial charge >= 0.3 is 12.1 Å². The Morgan fingerprint density at radius 2 is 1.84 bits per heavy atom. The number of aliphatic imine (C=N–C) groups is 1. The van der Waals surface area contributed by atoms with Crippen molar-refractivity contribution >= 4 is 34.8 Å². The number of hydrogen-bond acceptors (Lipinski definition) is 6. The maximum absolute atomic E-state index is 12.2. The fraction of sp³-hybridized carbons (Fsp3) is 0.217. The number of cyclic esters (lactones) is 1. The van der Waals surface area contributed by atoms with Crippen molar-refractivity contribution in [3.8, 4) is 0 Å². The molecule has 0 bridgehead atoms. The molecule has 9 nitrogen and oxygen atoms in total. The van der Waals surface area contributed by atoms with Gasteiger partial charge in [0.05, 0.1) is 6.54 Å². The van der Waals surface area contributed by atoms with Crippen LogP contribution < -0.4 is 10.6 Å². The Hall–Kier alpha value is -4.14. The van der Waals surface area contributed by atoms with Crippen LogP contribution in [0, 0.1) is 0 Å². The third kappa shape index (κ3) is 5.31. The van der Waals surface area contributed by atoms with Gasteiger partial charge in [-0.3, -0.25) is 4.79 Å². The molecular formula is C23H22N4O5. The lowest BCUT2D eigenvalue weighted by Gasteiger charge is -2.07. The predicted octanol–water partition coefficient (Wildman–Crippen LogP) is 2.08. The first-order chi connectivity index (χ1) is 15.6. The van der Waals surface area contributed by atoms with E-state index in [1.54, 1.807) is 0 Å². The van der Waals surface area contributed by atoms with Gasteiger partial charge in [0.25, 0.3) is 0 Å². The Labute approximate surface area is 183 Å². The lowest BCUT2D eigenvalue weighted by atomic mass is 10.1. The van der Waals surface area contributed by atoms with E-state index < -0.39 is 24.0 Å². The summed E-state index contributed by atoms with van der Waals surface area (Å²) in [6.07, 6.45) is 1.55. The summed E-state index contributed by atoms with van der Waals surface area (Å²) in [5.41, 5.74) is 2.80. The molecule has 4 rings (SSSR count). The number of aromatic amines is 1. The van der Waals surface area contributed by atoms with Gasteiger partial charge in [-0.05, 0) is 17.2 Å². The Morgan fingerprint density at radius 3 is 2.69 bits per heavy atom. The van der Waals surface area contributed by atoms with Gasteiger partial charge in [-0.2, -0.15) is 0 Å². The number of fused-ring (bicyclic) bond motifs is 1. The number of benzene rings is 2. The van der Waals surface area contributed by atoms with Gasteiger partial charge in [-0.25, -0.2) is 14.6 Å². The third-order valence-electron chi connectivity index (χ3n) is 4.92. The molecule has 1 aliphatic heterocycles. The highest BCUT2D eigenvalue weighted by atomic mass is 16.6. The molecule has 1 atom stereocenters. The average molecular weight is 434 g/mol. The molecule has 1 aliphatic rings. The minimum atomic E-state index is -0.701. The van der Waals surface area contributed by atoms with Crippen LogP contribution in [0.15, 0.2) is 65.8 Å². The van der Waals surface area contributed by atoms with E-state index in [2.05, 4.69) is 20.6 Å². The molecule has 1 aromatic heterocycles. The zero-order valence-corrected chi connectivity index (χ0v) is 17.2. The van der Waals surface area contributed by atoms with Gasteiger partial charge in [-0.15, -0.1) is 0 Å². The van der Waals surface area contributed by atoms with Crippen LogP contribution in [0.25, 0.3) is 10.9 Å². The Kier molecular flexibility index (Phi) is 6.45. The number of rotatable bonds is 8. The van der Waals surface area contributed by atoms with Crippen molar-refractivity contribution in [1.29, 1.82) is 0 Å². The zero-order valence-electron chi connectivity index (χ0n) is 17.2. The highest BCUT2D eigenvalue weighted by Gasteiger charge is 2.29. The molecule has 3 N–H and O–H groups in total. The van der Waals surface area contributed by atoms with Crippen molar-refractivity contribution in [3.63, 3.8) is 0 Å². The zero-order chi connectivity index (χ0) is 22.3. The van der Waals surface area contributed by atoms with Crippen molar-refractivity contribution in [2.24, 2.45) is 4.99 Å². The van der Waals surface area contributed by atoms with E-state index in [1.165, 1.54) is 0 Å². The summed E-state index contributed by atoms with van der Waals surface area (Å²) in [5.74, 6) is -0.775. The summed E-state index contributed by atoms with van der Waals surface area (Å²) < 4.78 is 10.2. The normalized spacial score (nSPS) is 15.2. The molecule has 0 fully saturated rings. The topological polar surface area (TPSA) is 122 Å². The highest BCUT2D eigenvalue weighted by Crippen LogP contribution is 2.21. The average Bonchev–Trinajstić information content (AvgIpc) is 3.39. The minimum Gasteiger partial charge on any atom is -0.445 e. The van der Waals surface area contributed by atoms with Crippen LogP contribution in [0.4, 0.5) is 4.79 Å². The van der Waals surface area contributed by atoms with Gasteiger partial charge in [0.2, 0.25) is 11.8 Å². The van der Waals surface area contributed by atoms with E-state index >= 15 is 0 Å². The van der Waals surface area contributed by atoms with Crippen molar-refractivity contribution in [1.82, 2.24) is 15.6 Å². The molecule has 0 radical (unpaired) electrons. The molecule has 1 unspecified atom stereocenters. The summed E-state index contributed by atoms with van der Waals surface area (Å²) >= 11 is 0. The van der Waals surface area contributed by atoms with E-state index in [0.29, 0.717) is 6.42 Å². The van der Waals surface area contributed by atoms with Crippen LogP contribution >= 0.6 is 0 Å². The SMILES string of the molecule is O=C(CNC(=O)OCc1ccccc1)NCC1=NC(Cc2c[nH]c3ccccc23)C(=O)O1. The van der Waals surface area contributed by atoms with E-state index in [1.807, 2.05) is 60.8 Å². The van der Waals surface area contributed by atoms with E-state index in [9.17, 15) is 14.4 Å². The van der Waals surface area contributed by atoms with E-state index in [0.717, 1.165) is 22.0 Å². The van der Waals surface area contributed by atoms with Crippen LogP contribution in [0.3, 0.4) is 0 Å². The first-order valence-corrected chi connectivity index (χ1v) is 10.1. The summed E-state index contributed by atoms with van der Waals surface area (Å²) in [6.45, 7) is -0.206. The van der Waals surface area contributed by atoms with Crippen molar-refractivity contribution < 1.29 is 23.9 Å². The van der Waals surface area contributed by atoms with Crippen molar-refractivity contribution in [2.45, 2.75) is 19.1 Å². The minimum absolute atomic E-state index is 0.0459. The first kappa shape index (κ1) is 21.1. The number of carbonyl (C=O) groups is 3. The number of amides is 2. The molecule has 2 amide bonds. The van der Waals surface area contributed by atoms with Gasteiger partial charge in [0, 0.05) is 23.5 Å². The van der Waals surface area contributed by atoms with Crippen LogP contribution in [0.1, 0.15) is 11.1 Å². The number of para-hydroxylation sites is 1. The van der Waals surface area contributed by atoms with Gasteiger partial charge in [0.15, 0.2) is 6.04 Å². The number of H-pyrrole nitrogens is 1. The lowest BCUT2D eigenvalue weighted by Crippen LogP contribution is -2.39. The number of carbonyl (C=O) groups excluding carboxylic acids is 3. The highest BCUT2D eigenvalue weighted by molar-refractivity contribution is 6.00. The van der Waals surface area contributed by atoms with Crippen molar-refractivity contribution in [2.75, 3.05) is 13.1 Å². The molecule has 0 spiro atoms. The Bertz CT molecular complexity index is 1160. The standard InChI is InChI=1S/C23H22N4O5/c28-20(12-26-23(30)31-14-15-6-2-1-3-7-15)25-13-21-27-19(22(29)32-21)10-16-11-24-18-9-5-4-8-17(16)18/h1-9,11,19,24H,10,12-14H2,(H,25,28)(H,26,30). The summed E-state index contributed by atoms with van der Waals surface area (Å²) in [5, 5.41) is 5.96. The largest absolute Gasteiger partial charge is 0.445 e. The molecule has 0 saturated carbocycles. The first-order valence-electron chi connectivity index (χ1n) is 10.1. The number of nitrogens with zero attached hydrogens (tertiary/aromatic N) is 1. The van der Waals surface area contributed by atoms with Gasteiger partial charge in [-0.1, -0.05) is 48.5 Å². The number of ether oxygens (including phenoxy) is 2. The molecule has 0 saturated heterocycles. The summed E-state index contributed by atoms with van der Waals surface area (Å²) in [7, 11) is 0. The number of hydrogen-bond donors (Lipinski definition) is 3. The fourth-order valence-electron chi connectivity index (χ4n) is 3.32. The third-order valence-corrected chi connectivity index (χ3v) is 4.92. The van der Waals surface area contributed by atoms with Crippen molar-refractivity contribution in [3.05, 3.63) is 71.9 Å².